The third kappa shape index (κ3) is 28.5. The number of fused-ring (bicyclic) bond motifs is 5. The molecule has 40 heteroatoms. The maximum absolute atomic E-state index is 12.7. The molecule has 3 heterocycles. The van der Waals surface area contributed by atoms with Gasteiger partial charge in [0.25, 0.3) is 0 Å². The minimum atomic E-state index is -2.72. The summed E-state index contributed by atoms with van der Waals surface area (Å²) in [5.74, 6) is -12.3. The van der Waals surface area contributed by atoms with Gasteiger partial charge in [-0.3, -0.25) is 14.4 Å². The molecule has 15 N–H and O–H groups in total. The molecule has 3 amide bonds. The van der Waals surface area contributed by atoms with Gasteiger partial charge in [-0.25, -0.2) is 0 Å². The third-order valence-corrected chi connectivity index (χ3v) is 24.4. The Hall–Kier alpha value is -1.44. The van der Waals surface area contributed by atoms with Gasteiger partial charge in [0.15, 0.2) is 0 Å². The van der Waals surface area contributed by atoms with Crippen LogP contribution in [-0.2, 0) is 90.3 Å². The van der Waals surface area contributed by atoms with Crippen LogP contribution in [-0.4, -0.2) is 318 Å². The Kier molecular flexibility index (Phi) is 46.3. The van der Waals surface area contributed by atoms with Crippen molar-refractivity contribution < 1.29 is 256 Å². The Balaban J connectivity index is 0.00000960. The molecule has 3 saturated heterocycles. The second-order valence-electron chi connectivity index (χ2n) is 33.3. The molecular weight excluding hydrogens is 1580 g/mol. The molecule has 4 unspecified atom stereocenters. The molecule has 3 aliphatic heterocycles. The van der Waals surface area contributed by atoms with E-state index < -0.39 is 229 Å². The maximum Gasteiger partial charge on any atom is 1.00 e. The van der Waals surface area contributed by atoms with E-state index in [2.05, 4.69) is 56.6 Å². The summed E-state index contributed by atoms with van der Waals surface area (Å²) < 4.78 is 77.3. The number of aliphatic hydroxyl groups excluding tert-OH is 12. The van der Waals surface area contributed by atoms with Gasteiger partial charge in [-0.15, -0.1) is 0 Å². The number of hydrogen-bond acceptors (Lipinski definition) is 34. The van der Waals surface area contributed by atoms with Crippen molar-refractivity contribution >= 4 is 35.6 Å². The number of rotatable bonds is 50. The zero-order valence-corrected chi connectivity index (χ0v) is 76.0. The summed E-state index contributed by atoms with van der Waals surface area (Å²) in [4.78, 5) is 74.4. The number of nitrogens with one attached hydrogen (secondary N) is 3. The summed E-state index contributed by atoms with van der Waals surface area (Å²) in [6.45, 7) is 8.69. The van der Waals surface area contributed by atoms with Gasteiger partial charge in [-0.2, -0.15) is 0 Å². The molecule has 658 valence electrons. The second kappa shape index (κ2) is 50.2. The predicted molar refractivity (Wildman–Crippen MR) is 387 cm³/mol. The first-order valence-electron chi connectivity index (χ1n) is 40.1. The molecular formula is C77H128N3Na3O34. The Morgan fingerprint density at radius 3 is 1.25 bits per heavy atom. The molecule has 7 rings (SSSR count). The summed E-state index contributed by atoms with van der Waals surface area (Å²) in [6.07, 6.45) is -10.8. The Morgan fingerprint density at radius 2 is 0.897 bits per heavy atom. The van der Waals surface area contributed by atoms with Crippen molar-refractivity contribution in [1.29, 1.82) is 0 Å². The summed E-state index contributed by atoms with van der Waals surface area (Å²) in [7, 11) is 0. The number of aliphatic carboxylic acids is 3. The topological polar surface area (TPSA) is 570 Å². The van der Waals surface area contributed by atoms with Crippen molar-refractivity contribution in [2.24, 2.45) is 51.8 Å². The van der Waals surface area contributed by atoms with E-state index in [1.807, 2.05) is 0 Å². The van der Waals surface area contributed by atoms with Gasteiger partial charge in [-0.05, 0) is 117 Å². The summed E-state index contributed by atoms with van der Waals surface area (Å²) in [6, 6.07) is -4.34. The van der Waals surface area contributed by atoms with Gasteiger partial charge < -0.3 is 169 Å². The average molecular weight is 1710 g/mol. The first-order valence-corrected chi connectivity index (χ1v) is 40.1. The van der Waals surface area contributed by atoms with Gasteiger partial charge in [0.2, 0.25) is 35.1 Å². The molecule has 6 fully saturated rings. The first kappa shape index (κ1) is 108. The van der Waals surface area contributed by atoms with E-state index in [1.165, 1.54) is 44.1 Å². The summed E-state index contributed by atoms with van der Waals surface area (Å²) >= 11 is 0. The third-order valence-electron chi connectivity index (χ3n) is 24.4. The first-order chi connectivity index (χ1) is 53.9. The van der Waals surface area contributed by atoms with Gasteiger partial charge in [0, 0.05) is 40.0 Å². The molecule has 37 nitrogen and oxygen atoms in total. The molecule has 0 aromatic rings. The number of carboxylic acid groups (broad SMARTS) is 3. The Bertz CT molecular complexity index is 2850. The molecule has 3 saturated carbocycles. The number of ether oxygens (including phenoxy) is 13. The molecule has 0 bridgehead atoms. The fraction of sp³-hybridized carbons (Fsp3) is 0.896. The van der Waals surface area contributed by atoms with Gasteiger partial charge in [0.1, 0.15) is 93.2 Å². The van der Waals surface area contributed by atoms with E-state index in [9.17, 15) is 105 Å². The number of hydrogen-bond donors (Lipinski definition) is 15. The number of amides is 3. The molecule has 4 aliphatic carbocycles. The number of carbonyl (C=O) groups is 6. The molecule has 7 aliphatic rings. The van der Waals surface area contributed by atoms with Gasteiger partial charge in [0.05, 0.1) is 134 Å². The van der Waals surface area contributed by atoms with Crippen LogP contribution in [0.1, 0.15) is 165 Å². The van der Waals surface area contributed by atoms with Gasteiger partial charge >= 0.3 is 88.7 Å². The second-order valence-corrected chi connectivity index (χ2v) is 33.3. The van der Waals surface area contributed by atoms with Crippen LogP contribution in [0.2, 0.25) is 0 Å². The molecule has 0 aromatic heterocycles. The predicted octanol–water partition coefficient (Wildman–Crippen LogP) is -14.0. The van der Waals surface area contributed by atoms with E-state index in [-0.39, 0.29) is 171 Å². The van der Waals surface area contributed by atoms with Crippen LogP contribution >= 0.6 is 0 Å². The zero-order valence-electron chi connectivity index (χ0n) is 70.0. The van der Waals surface area contributed by atoms with Crippen LogP contribution < -0.4 is 120 Å². The summed E-state index contributed by atoms with van der Waals surface area (Å²) in [5.41, 5.74) is 0.346. The van der Waals surface area contributed by atoms with E-state index >= 15 is 0 Å². The number of aliphatic hydroxyl groups is 12. The van der Waals surface area contributed by atoms with Crippen molar-refractivity contribution in [2.45, 2.75) is 279 Å². The molecule has 117 heavy (non-hydrogen) atoms. The SMILES string of the molecule is CC(=O)N[C@H]1[C@H]([C@@H](O)[C@H](O)CO)O[C@@](OCCCOCOCC(COCOCCCO[C@]2(C(=O)[O-])C[C@H](O)[C@@H](NC(C)=O)[C@H]([C@@H](O)[C@H](O)CO)O2)(COCOCCCO[C@]2(C(=O)[O-])C[C@H](O)[C@@H](NC(C)=O)[C@H]([C@@H](O)[C@H](O)CO)O2)CO[C@H]2CC[C@@]3(C)C(=CCC4C3CC[C@@]3(C)C4CC[C@@H]3C(C)CCCC(C)C)C2)(C(=O)[O-])C[C@@H]1O.[Na+].[Na+].[Na+]. The van der Waals surface area contributed by atoms with Crippen LogP contribution in [0.4, 0.5) is 0 Å². The average Bonchev–Trinajstić information content (AvgIpc) is 1.65. The largest absolute Gasteiger partial charge is 1.00 e. The maximum atomic E-state index is 12.7. The molecule has 0 aromatic carbocycles. The fourth-order valence-electron chi connectivity index (χ4n) is 18.5. The molecule has 26 atom stereocenters. The van der Waals surface area contributed by atoms with Crippen molar-refractivity contribution in [1.82, 2.24) is 16.0 Å². The van der Waals surface area contributed by atoms with Crippen LogP contribution in [0.3, 0.4) is 0 Å². The van der Waals surface area contributed by atoms with Crippen LogP contribution in [0.25, 0.3) is 0 Å². The zero-order chi connectivity index (χ0) is 84.1. The minimum absolute atomic E-state index is 0. The quantitative estimate of drug-likeness (QED) is 0.0116. The van der Waals surface area contributed by atoms with Crippen LogP contribution in [0, 0.1) is 51.8 Å². The van der Waals surface area contributed by atoms with E-state index in [0.29, 0.717) is 41.9 Å². The van der Waals surface area contributed by atoms with E-state index in [1.54, 1.807) is 0 Å². The fourth-order valence-corrected chi connectivity index (χ4v) is 18.5. The van der Waals surface area contributed by atoms with E-state index in [4.69, 9.17) is 61.6 Å². The Labute approximate surface area is 750 Å². The smallest absolute Gasteiger partial charge is 0.544 e. The van der Waals surface area contributed by atoms with Crippen molar-refractivity contribution in [3.05, 3.63) is 11.6 Å². The Morgan fingerprint density at radius 1 is 0.513 bits per heavy atom. The molecule has 0 spiro atoms. The van der Waals surface area contributed by atoms with Crippen LogP contribution in [0.5, 0.6) is 0 Å². The molecule has 0 radical (unpaired) electrons. The number of carbonyl (C=O) groups excluding carboxylic acids is 6. The number of allylic oxidation sites excluding steroid dienone is 1. The standard InChI is InChI=1S/C77H131N3O34.3Na/c1-43(2)13-9-14-44(3)51-17-18-52-50-16-15-48-29-49(19-21-72(48,7)53(50)20-22-73(51,52)8)108-39-74(36-105-40-102-23-10-26-109-75(69(96)97)30-54(87)60(78-45(4)84)66(112-75)63(93)57(90)33-81,37-106-41-103-24-11-27-110-76(70(98)99)31-55(88)61(79-46(5)85)67(113-76)64(94)58(91)34-82)38-107-42-104-25-12-28-111-77(71(100)101)32-56(89)62(80-47(6)86)68(114-77)65(95)59(92)35-83;;;/h15,43-44,49-68,81-83,87-95H,9-14,16-42H2,1-8H3,(H,78,84)(H,79,85)(H,80,86)(H,96,97)(H,98,99)(H,100,101);;;/q;3*+1/p-3/t44?,49-,50?,51+,52?,53?,54-,55-,56-,57+,58+,59+,60+,61+,62+,63-,64-,65-,66+,67+,68+,72-,73+,75+,76+,77+;;;/m0.../s1. The van der Waals surface area contributed by atoms with Crippen molar-refractivity contribution in [3.63, 3.8) is 0 Å². The van der Waals surface area contributed by atoms with Gasteiger partial charge in [-0.1, -0.05) is 65.5 Å². The van der Waals surface area contributed by atoms with Crippen LogP contribution in [0.15, 0.2) is 11.6 Å². The van der Waals surface area contributed by atoms with E-state index in [0.717, 1.165) is 46.5 Å². The summed E-state index contributed by atoms with van der Waals surface area (Å²) in [5, 5.41) is 171. The minimum Gasteiger partial charge on any atom is -0.544 e. The number of carboxylic acids is 3. The van der Waals surface area contributed by atoms with Crippen molar-refractivity contribution in [3.8, 4) is 0 Å². The normalized spacial score (nSPS) is 33.4. The van der Waals surface area contributed by atoms with Crippen molar-refractivity contribution in [2.75, 3.05) is 106 Å². The monoisotopic (exact) mass is 1710 g/mol.